The average molecular weight is 264 g/mol. The molecule has 94 valence electrons. The first-order valence-electron chi connectivity index (χ1n) is 5.91. The maximum atomic E-state index is 13.9. The Labute approximate surface area is 111 Å². The Balaban J connectivity index is 2.41. The van der Waals surface area contributed by atoms with Crippen LogP contribution in [-0.2, 0) is 6.42 Å². The Morgan fingerprint density at radius 2 is 1.94 bits per heavy atom. The van der Waals surface area contributed by atoms with Crippen LogP contribution in [0.1, 0.15) is 29.7 Å². The van der Waals surface area contributed by atoms with Gasteiger partial charge < -0.3 is 5.73 Å². The van der Waals surface area contributed by atoms with Gasteiger partial charge in [-0.3, -0.25) is 0 Å². The maximum Gasteiger partial charge on any atom is 0.146 e. The summed E-state index contributed by atoms with van der Waals surface area (Å²) in [6.07, 6.45) is 0.929. The molecule has 1 unspecified atom stereocenters. The summed E-state index contributed by atoms with van der Waals surface area (Å²) in [5.41, 5.74) is 8.62. The highest BCUT2D eigenvalue weighted by molar-refractivity contribution is 6.30. The summed E-state index contributed by atoms with van der Waals surface area (Å²) in [5, 5.41) is 0.106. The van der Waals surface area contributed by atoms with E-state index in [-0.39, 0.29) is 5.02 Å². The molecule has 0 aromatic heterocycles. The molecule has 2 aromatic carbocycles. The van der Waals surface area contributed by atoms with Gasteiger partial charge in [0.2, 0.25) is 0 Å². The fraction of sp³-hybridized carbons (Fsp3) is 0.200. The minimum absolute atomic E-state index is 0.106. The highest BCUT2D eigenvalue weighted by atomic mass is 35.5. The molecule has 18 heavy (non-hydrogen) atoms. The molecule has 3 heteroatoms. The van der Waals surface area contributed by atoms with Gasteiger partial charge in [0.1, 0.15) is 5.82 Å². The van der Waals surface area contributed by atoms with Crippen molar-refractivity contribution in [3.8, 4) is 0 Å². The van der Waals surface area contributed by atoms with E-state index in [1.165, 1.54) is 11.6 Å². The van der Waals surface area contributed by atoms with Crippen LogP contribution in [0, 0.1) is 5.82 Å². The van der Waals surface area contributed by atoms with E-state index >= 15 is 0 Å². The highest BCUT2D eigenvalue weighted by Crippen LogP contribution is 2.26. The SMILES string of the molecule is CCc1cccc(C(N)c2cccc(Cl)c2F)c1. The molecule has 0 radical (unpaired) electrons. The molecular formula is C15H15ClFN. The first-order chi connectivity index (χ1) is 8.63. The quantitative estimate of drug-likeness (QED) is 0.887. The molecule has 1 atom stereocenters. The smallest absolute Gasteiger partial charge is 0.146 e. The molecule has 0 aliphatic rings. The molecule has 2 rings (SSSR count). The molecule has 0 spiro atoms. The van der Waals surface area contributed by atoms with Crippen LogP contribution in [-0.4, -0.2) is 0 Å². The molecule has 0 heterocycles. The molecule has 0 fully saturated rings. The van der Waals surface area contributed by atoms with E-state index in [1.807, 2.05) is 24.3 Å². The van der Waals surface area contributed by atoms with Crippen LogP contribution in [0.25, 0.3) is 0 Å². The zero-order valence-electron chi connectivity index (χ0n) is 10.2. The van der Waals surface area contributed by atoms with Crippen molar-refractivity contribution in [2.24, 2.45) is 5.73 Å². The normalized spacial score (nSPS) is 12.4. The summed E-state index contributed by atoms with van der Waals surface area (Å²) in [6, 6.07) is 12.3. The van der Waals surface area contributed by atoms with E-state index in [0.29, 0.717) is 5.56 Å². The van der Waals surface area contributed by atoms with Crippen molar-refractivity contribution in [2.45, 2.75) is 19.4 Å². The summed E-state index contributed by atoms with van der Waals surface area (Å²) >= 11 is 5.77. The molecular weight excluding hydrogens is 249 g/mol. The van der Waals surface area contributed by atoms with E-state index < -0.39 is 11.9 Å². The topological polar surface area (TPSA) is 26.0 Å². The lowest BCUT2D eigenvalue weighted by Crippen LogP contribution is -2.14. The van der Waals surface area contributed by atoms with Gasteiger partial charge in [0, 0.05) is 5.56 Å². The number of hydrogen-bond acceptors (Lipinski definition) is 1. The lowest BCUT2D eigenvalue weighted by Gasteiger charge is -2.15. The van der Waals surface area contributed by atoms with Crippen LogP contribution in [0.15, 0.2) is 42.5 Å². The van der Waals surface area contributed by atoms with Crippen LogP contribution in [0.5, 0.6) is 0 Å². The fourth-order valence-corrected chi connectivity index (χ4v) is 2.13. The number of rotatable bonds is 3. The Kier molecular flexibility index (Phi) is 4.00. The zero-order chi connectivity index (χ0) is 13.1. The van der Waals surface area contributed by atoms with Crippen LogP contribution in [0.3, 0.4) is 0 Å². The van der Waals surface area contributed by atoms with Crippen molar-refractivity contribution < 1.29 is 4.39 Å². The molecule has 0 saturated carbocycles. The van der Waals surface area contributed by atoms with Crippen LogP contribution in [0.2, 0.25) is 5.02 Å². The van der Waals surface area contributed by atoms with E-state index in [9.17, 15) is 4.39 Å². The van der Waals surface area contributed by atoms with Crippen molar-refractivity contribution in [1.29, 1.82) is 0 Å². The van der Waals surface area contributed by atoms with Crippen molar-refractivity contribution in [1.82, 2.24) is 0 Å². The molecule has 0 aliphatic heterocycles. The second-order valence-electron chi connectivity index (χ2n) is 4.22. The lowest BCUT2D eigenvalue weighted by molar-refractivity contribution is 0.600. The molecule has 0 saturated heterocycles. The molecule has 0 amide bonds. The van der Waals surface area contributed by atoms with Gasteiger partial charge in [-0.05, 0) is 23.6 Å². The van der Waals surface area contributed by atoms with Gasteiger partial charge in [0.05, 0.1) is 11.1 Å². The second-order valence-corrected chi connectivity index (χ2v) is 4.63. The maximum absolute atomic E-state index is 13.9. The summed E-state index contributed by atoms with van der Waals surface area (Å²) < 4.78 is 13.9. The van der Waals surface area contributed by atoms with Crippen LogP contribution < -0.4 is 5.73 Å². The van der Waals surface area contributed by atoms with Crippen molar-refractivity contribution >= 4 is 11.6 Å². The number of nitrogens with two attached hydrogens (primary N) is 1. The summed E-state index contributed by atoms with van der Waals surface area (Å²) in [5.74, 6) is -0.437. The summed E-state index contributed by atoms with van der Waals surface area (Å²) in [6.45, 7) is 2.07. The van der Waals surface area contributed by atoms with Gasteiger partial charge in [-0.1, -0.05) is 54.9 Å². The van der Waals surface area contributed by atoms with E-state index in [0.717, 1.165) is 12.0 Å². The number of hydrogen-bond donors (Lipinski definition) is 1. The van der Waals surface area contributed by atoms with Crippen molar-refractivity contribution in [3.63, 3.8) is 0 Å². The molecule has 0 aliphatic carbocycles. The predicted molar refractivity (Wildman–Crippen MR) is 73.3 cm³/mol. The minimum Gasteiger partial charge on any atom is -0.320 e. The van der Waals surface area contributed by atoms with Crippen LogP contribution >= 0.6 is 11.6 Å². The first-order valence-corrected chi connectivity index (χ1v) is 6.29. The monoisotopic (exact) mass is 263 g/mol. The molecule has 1 nitrogen and oxygen atoms in total. The van der Waals surface area contributed by atoms with Gasteiger partial charge in [-0.15, -0.1) is 0 Å². The number of benzene rings is 2. The Morgan fingerprint density at radius 3 is 2.67 bits per heavy atom. The van der Waals surface area contributed by atoms with Crippen molar-refractivity contribution in [3.05, 3.63) is 70.0 Å². The average Bonchev–Trinajstić information content (AvgIpc) is 2.41. The van der Waals surface area contributed by atoms with Gasteiger partial charge in [0.25, 0.3) is 0 Å². The van der Waals surface area contributed by atoms with Gasteiger partial charge in [-0.2, -0.15) is 0 Å². The fourth-order valence-electron chi connectivity index (χ4n) is 1.95. The van der Waals surface area contributed by atoms with E-state index in [2.05, 4.69) is 6.92 Å². The third-order valence-electron chi connectivity index (χ3n) is 3.03. The standard InChI is InChI=1S/C15H15ClFN/c1-2-10-5-3-6-11(9-10)15(18)12-7-4-8-13(16)14(12)17/h3-9,15H,2,18H2,1H3. The lowest BCUT2D eigenvalue weighted by atomic mass is 9.97. The van der Waals surface area contributed by atoms with Crippen molar-refractivity contribution in [2.75, 3.05) is 0 Å². The Morgan fingerprint density at radius 1 is 1.22 bits per heavy atom. The van der Waals surface area contributed by atoms with E-state index in [1.54, 1.807) is 12.1 Å². The molecule has 2 N–H and O–H groups in total. The predicted octanol–water partition coefficient (Wildman–Crippen LogP) is 4.09. The van der Waals surface area contributed by atoms with Gasteiger partial charge in [0.15, 0.2) is 0 Å². The summed E-state index contributed by atoms with van der Waals surface area (Å²) in [4.78, 5) is 0. The largest absolute Gasteiger partial charge is 0.320 e. The zero-order valence-corrected chi connectivity index (χ0v) is 10.9. The van der Waals surface area contributed by atoms with Crippen LogP contribution in [0.4, 0.5) is 4.39 Å². The second kappa shape index (κ2) is 5.51. The Hall–Kier alpha value is -1.38. The third-order valence-corrected chi connectivity index (χ3v) is 3.33. The minimum atomic E-state index is -0.491. The molecule has 0 bridgehead atoms. The first kappa shape index (κ1) is 13.1. The third kappa shape index (κ3) is 2.55. The van der Waals surface area contributed by atoms with E-state index in [4.69, 9.17) is 17.3 Å². The number of aryl methyl sites for hydroxylation is 1. The number of halogens is 2. The van der Waals surface area contributed by atoms with Gasteiger partial charge >= 0.3 is 0 Å². The highest BCUT2D eigenvalue weighted by Gasteiger charge is 2.15. The van der Waals surface area contributed by atoms with Gasteiger partial charge in [-0.25, -0.2) is 4.39 Å². The molecule has 2 aromatic rings. The Bertz CT molecular complexity index is 554. The summed E-state index contributed by atoms with van der Waals surface area (Å²) in [7, 11) is 0.